The Morgan fingerprint density at radius 1 is 1.23 bits per heavy atom. The van der Waals surface area contributed by atoms with E-state index < -0.39 is 11.6 Å². The average molecular weight is 423 g/mol. The fourth-order valence-corrected chi connectivity index (χ4v) is 3.09. The molecule has 1 atom stereocenters. The van der Waals surface area contributed by atoms with Gasteiger partial charge >= 0.3 is 0 Å². The smallest absolute Gasteiger partial charge is 0.240 e. The second kappa shape index (κ2) is 10.3. The van der Waals surface area contributed by atoms with Gasteiger partial charge in [0, 0.05) is 13.2 Å². The average Bonchev–Trinajstić information content (AvgIpc) is 3.16. The molecule has 0 fully saturated rings. The van der Waals surface area contributed by atoms with E-state index in [9.17, 15) is 4.79 Å². The fourth-order valence-electron chi connectivity index (χ4n) is 3.09. The van der Waals surface area contributed by atoms with Crippen molar-refractivity contribution in [3.63, 3.8) is 0 Å². The minimum Gasteiger partial charge on any atom is -0.374 e. The summed E-state index contributed by atoms with van der Waals surface area (Å²) in [6.07, 6.45) is 5.59. The maximum atomic E-state index is 12.6. The Hall–Kier alpha value is -3.10. The molecule has 0 unspecified atom stereocenters. The summed E-state index contributed by atoms with van der Waals surface area (Å²) in [4.78, 5) is 16.6. The van der Waals surface area contributed by atoms with Crippen molar-refractivity contribution >= 4 is 17.8 Å². The molecule has 0 spiro atoms. The summed E-state index contributed by atoms with van der Waals surface area (Å²) in [5.74, 6) is 0.319. The van der Waals surface area contributed by atoms with E-state index in [4.69, 9.17) is 10.5 Å². The number of aryl methyl sites for hydroxylation is 1. The summed E-state index contributed by atoms with van der Waals surface area (Å²) in [5, 5.41) is 11.6. The number of rotatable bonds is 10. The van der Waals surface area contributed by atoms with Crippen LogP contribution in [0.1, 0.15) is 43.3 Å². The molecule has 0 aliphatic rings. The van der Waals surface area contributed by atoms with Crippen LogP contribution in [0.5, 0.6) is 0 Å². The highest BCUT2D eigenvalue weighted by molar-refractivity contribution is 5.85. The lowest BCUT2D eigenvalue weighted by Gasteiger charge is -2.23. The number of carbonyl (C=O) groups excluding carboxylic acids is 1. The zero-order valence-electron chi connectivity index (χ0n) is 18.3. The molecule has 0 bridgehead atoms. The van der Waals surface area contributed by atoms with Crippen LogP contribution in [0.15, 0.2) is 53.7 Å². The van der Waals surface area contributed by atoms with Gasteiger partial charge in [-0.25, -0.2) is 0 Å². The number of nitrogens with two attached hydrogens (primary N) is 1. The van der Waals surface area contributed by atoms with Gasteiger partial charge < -0.3 is 20.8 Å². The first-order valence-electron chi connectivity index (χ1n) is 10.3. The third-order valence-electron chi connectivity index (χ3n) is 4.83. The minimum absolute atomic E-state index is 0.240. The minimum atomic E-state index is -1.02. The van der Waals surface area contributed by atoms with Crippen LogP contribution in [0, 0.1) is 0 Å². The molecule has 2 aromatic heterocycles. The van der Waals surface area contributed by atoms with Gasteiger partial charge in [-0.2, -0.15) is 0 Å². The van der Waals surface area contributed by atoms with E-state index in [1.165, 1.54) is 0 Å². The summed E-state index contributed by atoms with van der Waals surface area (Å²) in [5.41, 5.74) is 7.86. The standard InChI is InChI=1S/C23H30N6O2/c1-23(2,24)22(30)26-19(16-31-15-18-8-5-4-6-9-18)21-28-27-20-12-11-17(14-29(20)21)10-7-13-25-3/h4-6,8-9,11-14,19H,7,10,15-16,24H2,1-3H3,(H,26,30)/t19-/m1/s1. The Morgan fingerprint density at radius 3 is 2.71 bits per heavy atom. The van der Waals surface area contributed by atoms with E-state index in [1.54, 1.807) is 20.9 Å². The van der Waals surface area contributed by atoms with E-state index in [0.29, 0.717) is 18.1 Å². The van der Waals surface area contributed by atoms with Crippen LogP contribution >= 0.6 is 0 Å². The van der Waals surface area contributed by atoms with Crippen molar-refractivity contribution < 1.29 is 9.53 Å². The number of aliphatic imine (C=N–C) groups is 1. The van der Waals surface area contributed by atoms with Crippen molar-refractivity contribution in [2.45, 2.75) is 44.9 Å². The lowest BCUT2D eigenvalue weighted by Crippen LogP contribution is -2.50. The molecule has 3 aromatic rings. The van der Waals surface area contributed by atoms with Gasteiger partial charge in [0.2, 0.25) is 5.91 Å². The van der Waals surface area contributed by atoms with Crippen molar-refractivity contribution in [2.24, 2.45) is 10.7 Å². The molecule has 0 aliphatic carbocycles. The third kappa shape index (κ3) is 6.19. The molecule has 0 saturated heterocycles. The molecule has 0 aliphatic heterocycles. The first kappa shape index (κ1) is 22.6. The molecule has 1 aromatic carbocycles. The highest BCUT2D eigenvalue weighted by Gasteiger charge is 2.28. The fraction of sp³-hybridized carbons (Fsp3) is 0.391. The van der Waals surface area contributed by atoms with Crippen LogP contribution in [-0.2, 0) is 22.6 Å². The quantitative estimate of drug-likeness (QED) is 0.488. The molecule has 8 nitrogen and oxygen atoms in total. The monoisotopic (exact) mass is 422 g/mol. The van der Waals surface area contributed by atoms with Gasteiger partial charge in [-0.3, -0.25) is 9.20 Å². The van der Waals surface area contributed by atoms with E-state index in [2.05, 4.69) is 20.5 Å². The molecule has 31 heavy (non-hydrogen) atoms. The predicted molar refractivity (Wildman–Crippen MR) is 121 cm³/mol. The predicted octanol–water partition coefficient (Wildman–Crippen LogP) is 2.47. The molecular weight excluding hydrogens is 392 g/mol. The second-order valence-electron chi connectivity index (χ2n) is 8.05. The molecule has 0 saturated carbocycles. The van der Waals surface area contributed by atoms with Crippen LogP contribution in [0.4, 0.5) is 0 Å². The van der Waals surface area contributed by atoms with Crippen molar-refractivity contribution in [1.82, 2.24) is 19.9 Å². The van der Waals surface area contributed by atoms with Crippen molar-refractivity contribution in [3.8, 4) is 0 Å². The third-order valence-corrected chi connectivity index (χ3v) is 4.83. The molecule has 164 valence electrons. The highest BCUT2D eigenvalue weighted by atomic mass is 16.5. The Kier molecular flexibility index (Phi) is 7.49. The number of aromatic nitrogens is 3. The first-order valence-corrected chi connectivity index (χ1v) is 10.3. The van der Waals surface area contributed by atoms with E-state index >= 15 is 0 Å². The summed E-state index contributed by atoms with van der Waals surface area (Å²) < 4.78 is 7.83. The van der Waals surface area contributed by atoms with Gasteiger partial charge in [-0.05, 0) is 50.1 Å². The van der Waals surface area contributed by atoms with E-state index in [-0.39, 0.29) is 12.5 Å². The number of benzene rings is 1. The van der Waals surface area contributed by atoms with E-state index in [0.717, 1.165) is 24.0 Å². The zero-order chi connectivity index (χ0) is 22.3. The molecule has 8 heteroatoms. The number of fused-ring (bicyclic) bond motifs is 1. The number of amides is 1. The van der Waals surface area contributed by atoms with Crippen molar-refractivity contribution in [1.29, 1.82) is 0 Å². The number of pyridine rings is 1. The summed E-state index contributed by atoms with van der Waals surface area (Å²) in [7, 11) is 1.77. The number of hydrogen-bond acceptors (Lipinski definition) is 6. The number of nitrogens with zero attached hydrogens (tertiary/aromatic N) is 4. The molecule has 3 N–H and O–H groups in total. The summed E-state index contributed by atoms with van der Waals surface area (Å²) in [6.45, 7) is 4.00. The van der Waals surface area contributed by atoms with Crippen LogP contribution in [-0.4, -0.2) is 45.9 Å². The summed E-state index contributed by atoms with van der Waals surface area (Å²) >= 11 is 0. The normalized spacial score (nSPS) is 13.0. The molecule has 1 amide bonds. The lowest BCUT2D eigenvalue weighted by atomic mass is 10.1. The Morgan fingerprint density at radius 2 is 2.00 bits per heavy atom. The van der Waals surface area contributed by atoms with Crippen LogP contribution in [0.2, 0.25) is 0 Å². The van der Waals surface area contributed by atoms with Gasteiger partial charge in [0.05, 0.1) is 18.8 Å². The lowest BCUT2D eigenvalue weighted by molar-refractivity contribution is -0.126. The summed E-state index contributed by atoms with van der Waals surface area (Å²) in [6, 6.07) is 13.3. The van der Waals surface area contributed by atoms with Crippen molar-refractivity contribution in [3.05, 3.63) is 65.6 Å². The Labute approximate surface area is 182 Å². The maximum Gasteiger partial charge on any atom is 0.240 e. The van der Waals surface area contributed by atoms with Gasteiger partial charge in [-0.1, -0.05) is 36.4 Å². The zero-order valence-corrected chi connectivity index (χ0v) is 18.3. The number of nitrogens with one attached hydrogen (secondary N) is 1. The molecule has 3 rings (SSSR count). The van der Waals surface area contributed by atoms with Gasteiger partial charge in [0.1, 0.15) is 6.04 Å². The van der Waals surface area contributed by atoms with Gasteiger partial charge in [0.15, 0.2) is 11.5 Å². The van der Waals surface area contributed by atoms with Crippen LogP contribution < -0.4 is 11.1 Å². The van der Waals surface area contributed by atoms with Crippen LogP contribution in [0.3, 0.4) is 0 Å². The number of carbonyl (C=O) groups is 1. The molecule has 2 heterocycles. The maximum absolute atomic E-state index is 12.6. The highest BCUT2D eigenvalue weighted by Crippen LogP contribution is 2.17. The van der Waals surface area contributed by atoms with E-state index in [1.807, 2.05) is 59.3 Å². The Balaban J connectivity index is 1.83. The first-order chi connectivity index (χ1) is 14.9. The number of hydrogen-bond donors (Lipinski definition) is 2. The molecule has 0 radical (unpaired) electrons. The second-order valence-corrected chi connectivity index (χ2v) is 8.05. The van der Waals surface area contributed by atoms with Crippen molar-refractivity contribution in [2.75, 3.05) is 13.7 Å². The van der Waals surface area contributed by atoms with Gasteiger partial charge in [-0.15, -0.1) is 10.2 Å². The topological polar surface area (TPSA) is 107 Å². The van der Waals surface area contributed by atoms with Crippen LogP contribution in [0.25, 0.3) is 5.65 Å². The molecular formula is C23H30N6O2. The largest absolute Gasteiger partial charge is 0.374 e. The SMILES string of the molecule is CN=CCCc1ccc2nnc([C@@H](COCc3ccccc3)NC(=O)C(C)(C)N)n2c1. The number of ether oxygens (including phenoxy) is 1. The Bertz CT molecular complexity index is 1020. The van der Waals surface area contributed by atoms with Gasteiger partial charge in [0.25, 0.3) is 0 Å².